The highest BCUT2D eigenvalue weighted by Gasteiger charge is 2.35. The van der Waals surface area contributed by atoms with Crippen LogP contribution in [0.2, 0.25) is 0 Å². The van der Waals surface area contributed by atoms with Crippen LogP contribution in [-0.2, 0) is 21.7 Å². The SMILES string of the molecule is CC(C)CCCCCCOc1ccc(CCC(N)(CO)COP(=O)(O)O)cc1C(F)(F)F. The quantitative estimate of drug-likeness (QED) is 0.214. The summed E-state index contributed by atoms with van der Waals surface area (Å²) in [6, 6.07) is 3.72. The van der Waals surface area contributed by atoms with Crippen LogP contribution in [0.15, 0.2) is 18.2 Å². The van der Waals surface area contributed by atoms with Crippen LogP contribution in [0.1, 0.15) is 63.5 Å². The van der Waals surface area contributed by atoms with E-state index in [1.807, 2.05) is 0 Å². The summed E-state index contributed by atoms with van der Waals surface area (Å²) in [5.74, 6) is 0.397. The molecule has 0 aliphatic heterocycles. The van der Waals surface area contributed by atoms with Gasteiger partial charge in [-0.15, -0.1) is 0 Å². The van der Waals surface area contributed by atoms with Crippen LogP contribution in [0, 0.1) is 5.92 Å². The van der Waals surface area contributed by atoms with Gasteiger partial charge in [-0.05, 0) is 42.9 Å². The molecule has 0 saturated carbocycles. The van der Waals surface area contributed by atoms with E-state index in [0.29, 0.717) is 17.9 Å². The predicted molar refractivity (Wildman–Crippen MR) is 115 cm³/mol. The molecule has 186 valence electrons. The Kier molecular flexibility index (Phi) is 11.7. The van der Waals surface area contributed by atoms with Crippen molar-refractivity contribution in [3.8, 4) is 5.75 Å². The zero-order chi connectivity index (χ0) is 24.4. The lowest BCUT2D eigenvalue weighted by Gasteiger charge is -2.27. The summed E-state index contributed by atoms with van der Waals surface area (Å²) < 4.78 is 61.1. The zero-order valence-corrected chi connectivity index (χ0v) is 19.5. The monoisotopic (exact) mass is 485 g/mol. The molecule has 32 heavy (non-hydrogen) atoms. The highest BCUT2D eigenvalue weighted by Crippen LogP contribution is 2.38. The van der Waals surface area contributed by atoms with Crippen molar-refractivity contribution in [2.45, 2.75) is 70.5 Å². The number of hydrogen-bond donors (Lipinski definition) is 4. The van der Waals surface area contributed by atoms with Crippen LogP contribution in [0.3, 0.4) is 0 Å². The van der Waals surface area contributed by atoms with Gasteiger partial charge in [0.15, 0.2) is 0 Å². The van der Waals surface area contributed by atoms with Crippen LogP contribution in [0.4, 0.5) is 13.2 Å². The number of unbranched alkanes of at least 4 members (excludes halogenated alkanes) is 3. The van der Waals surface area contributed by atoms with E-state index >= 15 is 0 Å². The zero-order valence-electron chi connectivity index (χ0n) is 18.6. The maximum atomic E-state index is 13.5. The molecule has 0 aliphatic rings. The maximum Gasteiger partial charge on any atom is 0.469 e. The van der Waals surface area contributed by atoms with Gasteiger partial charge in [0.1, 0.15) is 5.75 Å². The van der Waals surface area contributed by atoms with E-state index in [9.17, 15) is 22.8 Å². The van der Waals surface area contributed by atoms with Gasteiger partial charge >= 0.3 is 14.0 Å². The van der Waals surface area contributed by atoms with Crippen molar-refractivity contribution in [1.29, 1.82) is 0 Å². The van der Waals surface area contributed by atoms with Crippen molar-refractivity contribution in [3.63, 3.8) is 0 Å². The second-order valence-electron chi connectivity index (χ2n) is 8.56. The summed E-state index contributed by atoms with van der Waals surface area (Å²) in [6.45, 7) is 3.20. The average Bonchev–Trinajstić information content (AvgIpc) is 2.69. The molecule has 0 bridgehead atoms. The van der Waals surface area contributed by atoms with Crippen LogP contribution in [-0.4, -0.2) is 40.3 Å². The molecule has 0 aliphatic carbocycles. The van der Waals surface area contributed by atoms with E-state index in [4.69, 9.17) is 20.3 Å². The van der Waals surface area contributed by atoms with E-state index in [1.54, 1.807) is 0 Å². The highest BCUT2D eigenvalue weighted by molar-refractivity contribution is 7.46. The lowest BCUT2D eigenvalue weighted by atomic mass is 9.93. The molecule has 0 radical (unpaired) electrons. The first-order valence-corrected chi connectivity index (χ1v) is 12.2. The first-order chi connectivity index (χ1) is 14.8. The minimum absolute atomic E-state index is 0.0425. The summed E-state index contributed by atoms with van der Waals surface area (Å²) >= 11 is 0. The molecule has 1 rings (SSSR count). The molecule has 0 aromatic heterocycles. The van der Waals surface area contributed by atoms with Gasteiger partial charge in [-0.3, -0.25) is 4.52 Å². The number of aliphatic hydroxyl groups is 1. The number of benzene rings is 1. The molecule has 0 heterocycles. The smallest absolute Gasteiger partial charge is 0.469 e. The topological polar surface area (TPSA) is 122 Å². The van der Waals surface area contributed by atoms with Gasteiger partial charge in [-0.25, -0.2) is 4.57 Å². The van der Waals surface area contributed by atoms with Crippen molar-refractivity contribution >= 4 is 7.82 Å². The summed E-state index contributed by atoms with van der Waals surface area (Å²) in [4.78, 5) is 17.6. The van der Waals surface area contributed by atoms with E-state index < -0.39 is 38.3 Å². The molecule has 0 fully saturated rings. The highest BCUT2D eigenvalue weighted by atomic mass is 31.2. The maximum absolute atomic E-state index is 13.5. The number of rotatable bonds is 15. The van der Waals surface area contributed by atoms with Gasteiger partial charge in [0, 0.05) is 0 Å². The normalized spacial score (nSPS) is 14.6. The predicted octanol–water partition coefficient (Wildman–Crippen LogP) is 4.42. The molecule has 1 atom stereocenters. The van der Waals surface area contributed by atoms with Gasteiger partial charge in [-0.2, -0.15) is 13.2 Å². The van der Waals surface area contributed by atoms with Gasteiger partial charge in [-0.1, -0.05) is 45.6 Å². The Morgan fingerprint density at radius 1 is 1.12 bits per heavy atom. The number of phosphoric acid groups is 1. The number of alkyl halides is 3. The molecule has 11 heteroatoms. The number of aliphatic hydroxyl groups excluding tert-OH is 1. The van der Waals surface area contributed by atoms with Crippen LogP contribution in [0.5, 0.6) is 5.75 Å². The lowest BCUT2D eigenvalue weighted by Crippen LogP contribution is -2.48. The number of aryl methyl sites for hydroxylation is 1. The molecule has 0 amide bonds. The van der Waals surface area contributed by atoms with Crippen molar-refractivity contribution < 1.29 is 41.9 Å². The Labute approximate surface area is 187 Å². The van der Waals surface area contributed by atoms with Crippen molar-refractivity contribution in [2.75, 3.05) is 19.8 Å². The number of hydrogen-bond acceptors (Lipinski definition) is 5. The van der Waals surface area contributed by atoms with Crippen molar-refractivity contribution in [1.82, 2.24) is 0 Å². The van der Waals surface area contributed by atoms with E-state index in [2.05, 4.69) is 18.4 Å². The van der Waals surface area contributed by atoms with Crippen molar-refractivity contribution in [3.05, 3.63) is 29.3 Å². The Hall–Kier alpha value is -1.16. The third-order valence-electron chi connectivity index (χ3n) is 5.03. The molecule has 0 saturated heterocycles. The number of nitrogens with two attached hydrogens (primary N) is 1. The molecule has 7 nitrogen and oxygen atoms in total. The summed E-state index contributed by atoms with van der Waals surface area (Å²) in [7, 11) is -4.79. The summed E-state index contributed by atoms with van der Waals surface area (Å²) in [5.41, 5.74) is 3.77. The second kappa shape index (κ2) is 12.9. The lowest BCUT2D eigenvalue weighted by molar-refractivity contribution is -0.139. The van der Waals surface area contributed by atoms with E-state index in [-0.39, 0.29) is 25.2 Å². The Bertz CT molecular complexity index is 741. The number of phosphoric ester groups is 1. The molecular weight excluding hydrogens is 450 g/mol. The van der Waals surface area contributed by atoms with Crippen LogP contribution in [0.25, 0.3) is 0 Å². The van der Waals surface area contributed by atoms with Crippen LogP contribution >= 0.6 is 7.82 Å². The molecule has 5 N–H and O–H groups in total. The summed E-state index contributed by atoms with van der Waals surface area (Å²) in [6.07, 6.45) is 0.193. The van der Waals surface area contributed by atoms with E-state index in [0.717, 1.165) is 31.7 Å². The third-order valence-corrected chi connectivity index (χ3v) is 5.49. The summed E-state index contributed by atoms with van der Waals surface area (Å²) in [5, 5.41) is 9.43. The number of ether oxygens (including phenoxy) is 1. The van der Waals surface area contributed by atoms with Gasteiger partial charge in [0.25, 0.3) is 0 Å². The van der Waals surface area contributed by atoms with Gasteiger partial charge in [0.2, 0.25) is 0 Å². The first-order valence-electron chi connectivity index (χ1n) is 10.7. The Morgan fingerprint density at radius 3 is 2.34 bits per heavy atom. The molecule has 1 unspecified atom stereocenters. The minimum atomic E-state index is -4.79. The van der Waals surface area contributed by atoms with Crippen LogP contribution < -0.4 is 10.5 Å². The Morgan fingerprint density at radius 2 is 1.78 bits per heavy atom. The standard InChI is InChI=1S/C21H35F3NO6P/c1-16(2)7-5-3-4-6-12-30-19-9-8-17(13-18(19)21(22,23)24)10-11-20(25,14-26)15-31-32(27,28)29/h8-9,13,16,26H,3-7,10-12,14-15,25H2,1-2H3,(H2,27,28,29). The fraction of sp³-hybridized carbons (Fsp3) is 0.714. The fourth-order valence-electron chi connectivity index (χ4n) is 3.07. The fourth-order valence-corrected chi connectivity index (χ4v) is 3.50. The molecule has 0 spiro atoms. The molecular formula is C21H35F3NO6P. The van der Waals surface area contributed by atoms with Crippen molar-refractivity contribution in [2.24, 2.45) is 11.7 Å². The average molecular weight is 485 g/mol. The largest absolute Gasteiger partial charge is 0.493 e. The molecule has 1 aromatic carbocycles. The Balaban J connectivity index is 2.70. The van der Waals surface area contributed by atoms with Gasteiger partial charge < -0.3 is 25.4 Å². The van der Waals surface area contributed by atoms with E-state index in [1.165, 1.54) is 12.1 Å². The molecule has 1 aromatic rings. The second-order valence-corrected chi connectivity index (χ2v) is 9.80. The van der Waals surface area contributed by atoms with Gasteiger partial charge in [0.05, 0.1) is 30.9 Å². The number of halogens is 3. The third kappa shape index (κ3) is 11.6. The minimum Gasteiger partial charge on any atom is -0.493 e. The first kappa shape index (κ1) is 28.9.